The van der Waals surface area contributed by atoms with Gasteiger partial charge in [-0.25, -0.2) is 4.39 Å². The summed E-state index contributed by atoms with van der Waals surface area (Å²) in [5.41, 5.74) is 0.917. The molecule has 0 saturated carbocycles. The molecule has 1 aromatic carbocycles. The van der Waals surface area contributed by atoms with Crippen molar-refractivity contribution in [1.29, 1.82) is 0 Å². The van der Waals surface area contributed by atoms with Crippen LogP contribution in [0.3, 0.4) is 0 Å². The topological polar surface area (TPSA) is 12.0 Å². The van der Waals surface area contributed by atoms with Gasteiger partial charge < -0.3 is 5.32 Å². The fourth-order valence-electron chi connectivity index (χ4n) is 2.07. The number of hydrogen-bond acceptors (Lipinski definition) is 2. The predicted octanol–water partition coefficient (Wildman–Crippen LogP) is 5.04. The first kappa shape index (κ1) is 15.2. The van der Waals surface area contributed by atoms with Crippen LogP contribution in [0, 0.1) is 5.82 Å². The molecule has 0 spiro atoms. The van der Waals surface area contributed by atoms with E-state index in [1.54, 1.807) is 6.07 Å². The van der Waals surface area contributed by atoms with Crippen molar-refractivity contribution in [2.75, 3.05) is 0 Å². The van der Waals surface area contributed by atoms with E-state index in [4.69, 9.17) is 0 Å². The molecule has 1 N–H and O–H groups in total. The molecule has 0 amide bonds. The van der Waals surface area contributed by atoms with E-state index in [0.29, 0.717) is 0 Å². The zero-order valence-corrected chi connectivity index (χ0v) is 13.4. The molecule has 20 heavy (non-hydrogen) atoms. The molecular formula is C17H22FNS. The monoisotopic (exact) mass is 291 g/mol. The van der Waals surface area contributed by atoms with Crippen LogP contribution in [0.1, 0.15) is 49.1 Å². The van der Waals surface area contributed by atoms with Crippen molar-refractivity contribution in [3.05, 3.63) is 57.5 Å². The summed E-state index contributed by atoms with van der Waals surface area (Å²) in [7, 11) is 0. The van der Waals surface area contributed by atoms with Gasteiger partial charge in [-0.2, -0.15) is 0 Å². The van der Waals surface area contributed by atoms with E-state index < -0.39 is 0 Å². The SMILES string of the molecule is C[C@@H](NCc1ccc(C(C)(C)C)s1)c1ccccc1F. The van der Waals surface area contributed by atoms with E-state index in [1.807, 2.05) is 30.4 Å². The molecule has 0 unspecified atom stereocenters. The molecule has 0 aliphatic carbocycles. The van der Waals surface area contributed by atoms with Crippen molar-refractivity contribution in [2.45, 2.75) is 45.7 Å². The van der Waals surface area contributed by atoms with Crippen LogP contribution in [0.5, 0.6) is 0 Å². The Hall–Kier alpha value is -1.19. The van der Waals surface area contributed by atoms with Crippen LogP contribution in [0.4, 0.5) is 4.39 Å². The summed E-state index contributed by atoms with van der Waals surface area (Å²) in [5.74, 6) is -0.144. The van der Waals surface area contributed by atoms with Crippen LogP contribution in [0.25, 0.3) is 0 Å². The Balaban J connectivity index is 1.99. The summed E-state index contributed by atoms with van der Waals surface area (Å²) in [6.07, 6.45) is 0. The normalized spacial score (nSPS) is 13.4. The first-order valence-electron chi connectivity index (χ1n) is 6.95. The molecule has 0 aliphatic rings. The molecule has 1 atom stereocenters. The maximum Gasteiger partial charge on any atom is 0.127 e. The van der Waals surface area contributed by atoms with E-state index in [9.17, 15) is 4.39 Å². The van der Waals surface area contributed by atoms with Gasteiger partial charge in [-0.05, 0) is 30.5 Å². The Morgan fingerprint density at radius 3 is 2.45 bits per heavy atom. The Labute approximate surface area is 124 Å². The van der Waals surface area contributed by atoms with Crippen molar-refractivity contribution in [1.82, 2.24) is 5.32 Å². The Morgan fingerprint density at radius 2 is 1.85 bits per heavy atom. The largest absolute Gasteiger partial charge is 0.305 e. The molecular weight excluding hydrogens is 269 g/mol. The molecule has 1 aromatic heterocycles. The van der Waals surface area contributed by atoms with Crippen molar-refractivity contribution < 1.29 is 4.39 Å². The van der Waals surface area contributed by atoms with Gasteiger partial charge in [0.1, 0.15) is 5.82 Å². The third kappa shape index (κ3) is 3.68. The Bertz CT molecular complexity index is 568. The minimum Gasteiger partial charge on any atom is -0.305 e. The highest BCUT2D eigenvalue weighted by Gasteiger charge is 2.16. The lowest BCUT2D eigenvalue weighted by molar-refractivity contribution is 0.530. The summed E-state index contributed by atoms with van der Waals surface area (Å²) in [4.78, 5) is 2.67. The van der Waals surface area contributed by atoms with Gasteiger partial charge >= 0.3 is 0 Å². The summed E-state index contributed by atoms with van der Waals surface area (Å²) < 4.78 is 13.7. The first-order chi connectivity index (χ1) is 9.38. The average molecular weight is 291 g/mol. The molecule has 1 nitrogen and oxygen atoms in total. The van der Waals surface area contributed by atoms with Gasteiger partial charge in [-0.1, -0.05) is 39.0 Å². The molecule has 0 radical (unpaired) electrons. The van der Waals surface area contributed by atoms with Crippen LogP contribution in [-0.2, 0) is 12.0 Å². The molecule has 0 fully saturated rings. The molecule has 2 rings (SSSR count). The van der Waals surface area contributed by atoms with Crippen molar-refractivity contribution in [3.63, 3.8) is 0 Å². The Morgan fingerprint density at radius 1 is 1.15 bits per heavy atom. The second-order valence-electron chi connectivity index (χ2n) is 6.14. The standard InChI is InChI=1S/C17H22FNS/c1-12(14-7-5-6-8-15(14)18)19-11-13-9-10-16(20-13)17(2,3)4/h5-10,12,19H,11H2,1-4H3/t12-/m1/s1. The fourth-order valence-corrected chi connectivity index (χ4v) is 3.08. The highest BCUT2D eigenvalue weighted by atomic mass is 32.1. The number of nitrogens with one attached hydrogen (secondary N) is 1. The Kier molecular flexibility index (Phi) is 4.61. The molecule has 0 aliphatic heterocycles. The zero-order valence-electron chi connectivity index (χ0n) is 12.5. The molecule has 2 aromatic rings. The van der Waals surface area contributed by atoms with E-state index in [0.717, 1.165) is 12.1 Å². The average Bonchev–Trinajstić information content (AvgIpc) is 2.85. The fraction of sp³-hybridized carbons (Fsp3) is 0.412. The van der Waals surface area contributed by atoms with Crippen molar-refractivity contribution in [2.24, 2.45) is 0 Å². The van der Waals surface area contributed by atoms with Crippen molar-refractivity contribution >= 4 is 11.3 Å². The van der Waals surface area contributed by atoms with Gasteiger partial charge in [0.15, 0.2) is 0 Å². The molecule has 1 heterocycles. The highest BCUT2D eigenvalue weighted by Crippen LogP contribution is 2.29. The maximum atomic E-state index is 13.7. The molecule has 3 heteroatoms. The first-order valence-corrected chi connectivity index (χ1v) is 7.76. The third-order valence-corrected chi connectivity index (χ3v) is 4.87. The quantitative estimate of drug-likeness (QED) is 0.832. The van der Waals surface area contributed by atoms with E-state index in [2.05, 4.69) is 38.2 Å². The molecule has 108 valence electrons. The van der Waals surface area contributed by atoms with Crippen LogP contribution < -0.4 is 5.32 Å². The second-order valence-corrected chi connectivity index (χ2v) is 7.31. The van der Waals surface area contributed by atoms with E-state index >= 15 is 0 Å². The van der Waals surface area contributed by atoms with E-state index in [1.165, 1.54) is 15.8 Å². The maximum absolute atomic E-state index is 13.7. The molecule has 0 saturated heterocycles. The second kappa shape index (κ2) is 6.06. The third-order valence-electron chi connectivity index (χ3n) is 3.36. The van der Waals surface area contributed by atoms with Crippen molar-refractivity contribution in [3.8, 4) is 0 Å². The van der Waals surface area contributed by atoms with Gasteiger partial charge in [0, 0.05) is 27.9 Å². The minimum atomic E-state index is -0.144. The van der Waals surface area contributed by atoms with Crippen LogP contribution in [-0.4, -0.2) is 0 Å². The lowest BCUT2D eigenvalue weighted by Crippen LogP contribution is -2.18. The number of halogens is 1. The predicted molar refractivity (Wildman–Crippen MR) is 84.7 cm³/mol. The van der Waals surface area contributed by atoms with Gasteiger partial charge in [0.25, 0.3) is 0 Å². The zero-order chi connectivity index (χ0) is 14.8. The number of hydrogen-bond donors (Lipinski definition) is 1. The van der Waals surface area contributed by atoms with Gasteiger partial charge in [-0.3, -0.25) is 0 Å². The van der Waals surface area contributed by atoms with Crippen LogP contribution in [0.15, 0.2) is 36.4 Å². The van der Waals surface area contributed by atoms with Gasteiger partial charge in [0.2, 0.25) is 0 Å². The smallest absolute Gasteiger partial charge is 0.127 e. The number of rotatable bonds is 4. The van der Waals surface area contributed by atoms with E-state index in [-0.39, 0.29) is 17.3 Å². The lowest BCUT2D eigenvalue weighted by Gasteiger charge is -2.16. The minimum absolute atomic E-state index is 0.0105. The van der Waals surface area contributed by atoms with Crippen LogP contribution >= 0.6 is 11.3 Å². The summed E-state index contributed by atoms with van der Waals surface area (Å²) in [6.45, 7) is 9.43. The van der Waals surface area contributed by atoms with Gasteiger partial charge in [-0.15, -0.1) is 11.3 Å². The number of thiophene rings is 1. The summed E-state index contributed by atoms with van der Waals surface area (Å²) in [6, 6.07) is 11.3. The highest BCUT2D eigenvalue weighted by molar-refractivity contribution is 7.12. The summed E-state index contributed by atoms with van der Waals surface area (Å²) in [5, 5.41) is 3.39. The lowest BCUT2D eigenvalue weighted by atomic mass is 9.95. The van der Waals surface area contributed by atoms with Crippen LogP contribution in [0.2, 0.25) is 0 Å². The number of benzene rings is 1. The molecule has 0 bridgehead atoms. The van der Waals surface area contributed by atoms with Gasteiger partial charge in [0.05, 0.1) is 0 Å². The summed E-state index contributed by atoms with van der Waals surface area (Å²) >= 11 is 1.82.